The van der Waals surface area contributed by atoms with Crippen LogP contribution in [-0.4, -0.2) is 0 Å². The molecule has 0 spiro atoms. The third-order valence-corrected chi connectivity index (χ3v) is 4.12. The fourth-order valence-corrected chi connectivity index (χ4v) is 3.15. The van der Waals surface area contributed by atoms with Gasteiger partial charge in [0.25, 0.3) is 0 Å². The number of rotatable bonds is 0. The molecule has 0 radical (unpaired) electrons. The van der Waals surface area contributed by atoms with Crippen LogP contribution >= 0.6 is 15.9 Å². The van der Waals surface area contributed by atoms with E-state index in [2.05, 4.69) is 59.4 Å². The van der Waals surface area contributed by atoms with Gasteiger partial charge in [0.1, 0.15) is 0 Å². The van der Waals surface area contributed by atoms with Gasteiger partial charge in [0.2, 0.25) is 0 Å². The summed E-state index contributed by atoms with van der Waals surface area (Å²) in [5.74, 6) is 0. The maximum atomic E-state index is 6.13. The largest absolute Gasteiger partial charge is 0.397 e. The summed E-state index contributed by atoms with van der Waals surface area (Å²) >= 11 is 3.53. The molecular weight excluding hydrogens is 288 g/mol. The molecule has 0 atom stereocenters. The highest BCUT2D eigenvalue weighted by Gasteiger charge is 2.33. The van der Waals surface area contributed by atoms with Gasteiger partial charge < -0.3 is 11.1 Å². The summed E-state index contributed by atoms with van der Waals surface area (Å²) in [4.78, 5) is 0. The maximum absolute atomic E-state index is 6.13. The molecule has 1 heterocycles. The predicted octanol–water partition coefficient (Wildman–Crippen LogP) is 4.41. The summed E-state index contributed by atoms with van der Waals surface area (Å²) in [7, 11) is 0. The highest BCUT2D eigenvalue weighted by atomic mass is 79.9. The van der Waals surface area contributed by atoms with Crippen molar-refractivity contribution < 1.29 is 0 Å². The Bertz CT molecular complexity index is 632. The first kappa shape index (κ1) is 11.6. The second-order valence-corrected chi connectivity index (χ2v) is 6.13. The van der Waals surface area contributed by atoms with Crippen LogP contribution in [0.2, 0.25) is 0 Å². The van der Waals surface area contributed by atoms with Crippen molar-refractivity contribution in [1.82, 2.24) is 0 Å². The third kappa shape index (κ3) is 1.54. The quantitative estimate of drug-likeness (QED) is 0.707. The molecule has 2 aromatic rings. The second kappa shape index (κ2) is 3.75. The Hall–Kier alpha value is -1.48. The van der Waals surface area contributed by atoms with Crippen LogP contribution in [0.1, 0.15) is 25.0 Å². The first-order valence-electron chi connectivity index (χ1n) is 5.96. The second-order valence-electron chi connectivity index (χ2n) is 5.21. The lowest BCUT2D eigenvalue weighted by Crippen LogP contribution is -2.26. The van der Waals surface area contributed by atoms with E-state index in [4.69, 9.17) is 5.73 Å². The van der Waals surface area contributed by atoms with Gasteiger partial charge in [-0.25, -0.2) is 0 Å². The zero-order valence-electron chi connectivity index (χ0n) is 10.4. The molecule has 0 unspecified atom stereocenters. The summed E-state index contributed by atoms with van der Waals surface area (Å²) in [5, 5.41) is 3.45. The van der Waals surface area contributed by atoms with Crippen LogP contribution in [0.5, 0.6) is 0 Å². The normalized spacial score (nSPS) is 15.5. The molecule has 18 heavy (non-hydrogen) atoms. The van der Waals surface area contributed by atoms with Crippen molar-refractivity contribution in [2.75, 3.05) is 11.1 Å². The smallest absolute Gasteiger partial charge is 0.0660 e. The fourth-order valence-electron chi connectivity index (χ4n) is 2.68. The lowest BCUT2D eigenvalue weighted by molar-refractivity contribution is 0.638. The lowest BCUT2D eigenvalue weighted by atomic mass is 9.74. The van der Waals surface area contributed by atoms with Gasteiger partial charge in [0.15, 0.2) is 0 Å². The van der Waals surface area contributed by atoms with Gasteiger partial charge in [-0.3, -0.25) is 0 Å². The number of hydrogen-bond acceptors (Lipinski definition) is 2. The number of nitrogen functional groups attached to an aromatic ring is 1. The molecule has 0 aromatic heterocycles. The van der Waals surface area contributed by atoms with Crippen LogP contribution in [0.25, 0.3) is 0 Å². The number of para-hydroxylation sites is 1. The van der Waals surface area contributed by atoms with Crippen LogP contribution in [-0.2, 0) is 5.41 Å². The first-order valence-corrected chi connectivity index (χ1v) is 6.75. The zero-order chi connectivity index (χ0) is 12.9. The van der Waals surface area contributed by atoms with E-state index in [1.807, 2.05) is 12.1 Å². The van der Waals surface area contributed by atoms with Crippen molar-refractivity contribution in [3.8, 4) is 0 Å². The van der Waals surface area contributed by atoms with Crippen molar-refractivity contribution in [2.24, 2.45) is 0 Å². The van der Waals surface area contributed by atoms with E-state index in [9.17, 15) is 0 Å². The van der Waals surface area contributed by atoms with Gasteiger partial charge in [-0.2, -0.15) is 0 Å². The molecule has 92 valence electrons. The van der Waals surface area contributed by atoms with Crippen LogP contribution in [0.15, 0.2) is 40.9 Å². The molecule has 1 aliphatic rings. The van der Waals surface area contributed by atoms with Crippen molar-refractivity contribution in [3.05, 3.63) is 52.0 Å². The van der Waals surface area contributed by atoms with Gasteiger partial charge in [-0.15, -0.1) is 0 Å². The van der Waals surface area contributed by atoms with Crippen molar-refractivity contribution in [1.29, 1.82) is 0 Å². The van der Waals surface area contributed by atoms with Gasteiger partial charge in [-0.05, 0) is 29.3 Å². The summed E-state index contributed by atoms with van der Waals surface area (Å²) in [5.41, 5.74) is 11.6. The SMILES string of the molecule is CC1(C)c2ccccc2Nc2c(N)cc(Br)cc21. The molecule has 3 rings (SSSR count). The highest BCUT2D eigenvalue weighted by molar-refractivity contribution is 9.10. The Balaban J connectivity index is 2.31. The Labute approximate surface area is 115 Å². The van der Waals surface area contributed by atoms with Crippen LogP contribution in [0, 0.1) is 0 Å². The summed E-state index contributed by atoms with van der Waals surface area (Å²) < 4.78 is 1.02. The van der Waals surface area contributed by atoms with Gasteiger partial charge in [-0.1, -0.05) is 48.0 Å². The van der Waals surface area contributed by atoms with Crippen LogP contribution in [0.4, 0.5) is 17.1 Å². The van der Waals surface area contributed by atoms with E-state index in [0.29, 0.717) is 0 Å². The monoisotopic (exact) mass is 302 g/mol. The molecule has 2 aromatic carbocycles. The predicted molar refractivity (Wildman–Crippen MR) is 80.4 cm³/mol. The Morgan fingerprint density at radius 1 is 1.11 bits per heavy atom. The molecule has 0 bridgehead atoms. The minimum absolute atomic E-state index is 0.0466. The maximum Gasteiger partial charge on any atom is 0.0660 e. The number of anilines is 3. The Kier molecular flexibility index (Phi) is 2.42. The fraction of sp³-hybridized carbons (Fsp3) is 0.200. The lowest BCUT2D eigenvalue weighted by Gasteiger charge is -2.36. The third-order valence-electron chi connectivity index (χ3n) is 3.67. The average Bonchev–Trinajstić information content (AvgIpc) is 2.31. The Morgan fingerprint density at radius 2 is 1.83 bits per heavy atom. The van der Waals surface area contributed by atoms with Crippen molar-refractivity contribution >= 4 is 33.0 Å². The molecule has 3 heteroatoms. The minimum atomic E-state index is -0.0466. The van der Waals surface area contributed by atoms with E-state index >= 15 is 0 Å². The Morgan fingerprint density at radius 3 is 2.61 bits per heavy atom. The van der Waals surface area contributed by atoms with E-state index in [0.717, 1.165) is 21.5 Å². The number of hydrogen-bond donors (Lipinski definition) is 2. The number of fused-ring (bicyclic) bond motifs is 2. The van der Waals surface area contributed by atoms with Crippen LogP contribution in [0.3, 0.4) is 0 Å². The average molecular weight is 303 g/mol. The number of benzene rings is 2. The highest BCUT2D eigenvalue weighted by Crippen LogP contribution is 2.48. The number of halogens is 1. The summed E-state index contributed by atoms with van der Waals surface area (Å²) in [6.45, 7) is 4.47. The molecule has 0 fully saturated rings. The summed E-state index contributed by atoms with van der Waals surface area (Å²) in [6.07, 6.45) is 0. The molecule has 0 saturated carbocycles. The molecule has 2 nitrogen and oxygen atoms in total. The molecule has 1 aliphatic heterocycles. The first-order chi connectivity index (χ1) is 8.50. The molecular formula is C15H15BrN2. The molecule has 0 saturated heterocycles. The standard InChI is InChI=1S/C15H15BrN2/c1-15(2)10-5-3-4-6-13(10)18-14-11(15)7-9(16)8-12(14)17/h3-8,18H,17H2,1-2H3. The molecule has 3 N–H and O–H groups in total. The van der Waals surface area contributed by atoms with E-state index in [1.165, 1.54) is 11.1 Å². The summed E-state index contributed by atoms with van der Waals surface area (Å²) in [6, 6.07) is 12.5. The van der Waals surface area contributed by atoms with Gasteiger partial charge >= 0.3 is 0 Å². The van der Waals surface area contributed by atoms with Crippen molar-refractivity contribution in [2.45, 2.75) is 19.3 Å². The molecule has 0 amide bonds. The topological polar surface area (TPSA) is 38.0 Å². The molecule has 0 aliphatic carbocycles. The minimum Gasteiger partial charge on any atom is -0.397 e. The van der Waals surface area contributed by atoms with E-state index in [1.54, 1.807) is 0 Å². The van der Waals surface area contributed by atoms with Crippen LogP contribution < -0.4 is 11.1 Å². The van der Waals surface area contributed by atoms with E-state index in [-0.39, 0.29) is 5.41 Å². The van der Waals surface area contributed by atoms with Gasteiger partial charge in [0, 0.05) is 15.6 Å². The van der Waals surface area contributed by atoms with E-state index < -0.39 is 0 Å². The van der Waals surface area contributed by atoms with Crippen molar-refractivity contribution in [3.63, 3.8) is 0 Å². The number of nitrogens with two attached hydrogens (primary N) is 1. The van der Waals surface area contributed by atoms with Gasteiger partial charge in [0.05, 0.1) is 11.4 Å². The zero-order valence-corrected chi connectivity index (χ0v) is 12.0. The number of nitrogens with one attached hydrogen (secondary N) is 1.